The lowest BCUT2D eigenvalue weighted by atomic mass is 10.1. The molecule has 2 heterocycles. The van der Waals surface area contributed by atoms with E-state index in [9.17, 15) is 10.1 Å². The summed E-state index contributed by atoms with van der Waals surface area (Å²) in [6.45, 7) is 3.88. The first-order chi connectivity index (χ1) is 10.5. The molecule has 0 saturated carbocycles. The monoisotopic (exact) mass is 301 g/mol. The van der Waals surface area contributed by atoms with Crippen LogP contribution in [0.25, 0.3) is 0 Å². The highest BCUT2D eigenvalue weighted by Crippen LogP contribution is 2.21. The van der Waals surface area contributed by atoms with Crippen LogP contribution in [-0.4, -0.2) is 20.4 Å². The van der Waals surface area contributed by atoms with Crippen LogP contribution < -0.4 is 5.43 Å². The fourth-order valence-corrected chi connectivity index (χ4v) is 2.21. The number of nitrogens with zero attached hydrogens (tertiary/aromatic N) is 4. The Balaban J connectivity index is 1.72. The summed E-state index contributed by atoms with van der Waals surface area (Å²) in [5, 5.41) is 15.1. The maximum Gasteiger partial charge on any atom is 0.343 e. The van der Waals surface area contributed by atoms with Gasteiger partial charge in [-0.25, -0.2) is 9.55 Å². The summed E-state index contributed by atoms with van der Waals surface area (Å²) in [6, 6.07) is 7.89. The van der Waals surface area contributed by atoms with E-state index in [1.807, 2.05) is 31.2 Å². The number of nitro groups is 1. The molecule has 3 rings (SSSR count). The largest absolute Gasteiger partial charge is 0.447 e. The summed E-state index contributed by atoms with van der Waals surface area (Å²) >= 11 is 0. The number of rotatable bonds is 4. The highest BCUT2D eigenvalue weighted by Gasteiger charge is 2.26. The molecule has 114 valence electrons. The van der Waals surface area contributed by atoms with Crippen LogP contribution >= 0.6 is 0 Å². The molecule has 1 aromatic heterocycles. The molecule has 0 amide bonds. The molecule has 0 aliphatic carbocycles. The van der Waals surface area contributed by atoms with E-state index in [2.05, 4.69) is 15.5 Å². The van der Waals surface area contributed by atoms with Crippen molar-refractivity contribution in [2.24, 2.45) is 5.10 Å². The standard InChI is InChI=1S/C14H15N5O3/c1-9-3-5-11(6-4-9)14-17-16-12(22-14)8-18-10(2)15-7-13(18)19(20)21/h3-7,14,17H,8H2,1-2H3. The summed E-state index contributed by atoms with van der Waals surface area (Å²) in [6.07, 6.45) is 0.855. The number of imidazole rings is 1. The minimum atomic E-state index is -0.472. The molecule has 0 radical (unpaired) electrons. The van der Waals surface area contributed by atoms with Crippen LogP contribution in [0.4, 0.5) is 5.82 Å². The van der Waals surface area contributed by atoms with Crippen molar-refractivity contribution in [3.8, 4) is 0 Å². The van der Waals surface area contributed by atoms with Gasteiger partial charge in [0.1, 0.15) is 6.20 Å². The highest BCUT2D eigenvalue weighted by atomic mass is 16.6. The fraction of sp³-hybridized carbons (Fsp3) is 0.286. The molecule has 2 aromatic rings. The van der Waals surface area contributed by atoms with Crippen molar-refractivity contribution in [1.82, 2.24) is 15.0 Å². The third kappa shape index (κ3) is 2.62. The van der Waals surface area contributed by atoms with E-state index in [4.69, 9.17) is 4.74 Å². The summed E-state index contributed by atoms with van der Waals surface area (Å²) in [5.41, 5.74) is 4.99. The number of nitrogens with one attached hydrogen (secondary N) is 1. The zero-order valence-electron chi connectivity index (χ0n) is 12.2. The van der Waals surface area contributed by atoms with Gasteiger partial charge in [-0.15, -0.1) is 5.10 Å². The number of aryl methyl sites for hydroxylation is 2. The number of ether oxygens (including phenoxy) is 1. The number of hydrogen-bond acceptors (Lipinski definition) is 6. The molecule has 0 spiro atoms. The molecule has 1 aromatic carbocycles. The Morgan fingerprint density at radius 1 is 1.36 bits per heavy atom. The van der Waals surface area contributed by atoms with Gasteiger partial charge in [0.15, 0.2) is 12.4 Å². The molecule has 0 fully saturated rings. The van der Waals surface area contributed by atoms with Crippen LogP contribution in [0.3, 0.4) is 0 Å². The van der Waals surface area contributed by atoms with E-state index in [0.29, 0.717) is 11.7 Å². The van der Waals surface area contributed by atoms with Crippen LogP contribution in [0.2, 0.25) is 0 Å². The van der Waals surface area contributed by atoms with Crippen molar-refractivity contribution in [3.63, 3.8) is 0 Å². The number of hydrazone groups is 1. The molecule has 1 aliphatic rings. The molecular weight excluding hydrogens is 286 g/mol. The van der Waals surface area contributed by atoms with Gasteiger partial charge in [-0.3, -0.25) is 5.43 Å². The number of benzene rings is 1. The van der Waals surface area contributed by atoms with E-state index in [1.54, 1.807) is 6.92 Å². The zero-order valence-corrected chi connectivity index (χ0v) is 12.2. The Morgan fingerprint density at radius 2 is 2.09 bits per heavy atom. The van der Waals surface area contributed by atoms with E-state index in [1.165, 1.54) is 10.8 Å². The molecule has 0 saturated heterocycles. The molecular formula is C14H15N5O3. The number of hydrogen-bond donors (Lipinski definition) is 1. The van der Waals surface area contributed by atoms with Crippen LogP contribution in [0.5, 0.6) is 0 Å². The Hall–Kier alpha value is -2.90. The minimum Gasteiger partial charge on any atom is -0.447 e. The molecule has 1 atom stereocenters. The van der Waals surface area contributed by atoms with Gasteiger partial charge in [0, 0.05) is 12.5 Å². The van der Waals surface area contributed by atoms with Gasteiger partial charge < -0.3 is 14.9 Å². The van der Waals surface area contributed by atoms with Gasteiger partial charge in [0.2, 0.25) is 6.23 Å². The van der Waals surface area contributed by atoms with Crippen LogP contribution in [0.15, 0.2) is 35.6 Å². The topological polar surface area (TPSA) is 94.6 Å². The Labute approximate surface area is 126 Å². The second-order valence-corrected chi connectivity index (χ2v) is 5.05. The van der Waals surface area contributed by atoms with Gasteiger partial charge in [0.05, 0.1) is 0 Å². The van der Waals surface area contributed by atoms with Crippen LogP contribution in [-0.2, 0) is 11.3 Å². The van der Waals surface area contributed by atoms with Gasteiger partial charge in [-0.1, -0.05) is 29.8 Å². The maximum atomic E-state index is 11.0. The van der Waals surface area contributed by atoms with Gasteiger partial charge in [-0.2, -0.15) is 0 Å². The predicted molar refractivity (Wildman–Crippen MR) is 79.2 cm³/mol. The first-order valence-electron chi connectivity index (χ1n) is 6.76. The molecule has 8 heteroatoms. The second-order valence-electron chi connectivity index (χ2n) is 5.05. The Kier molecular flexibility index (Phi) is 3.50. The van der Waals surface area contributed by atoms with E-state index < -0.39 is 4.92 Å². The lowest BCUT2D eigenvalue weighted by Crippen LogP contribution is -2.16. The minimum absolute atomic E-state index is 0.0809. The third-order valence-corrected chi connectivity index (χ3v) is 3.45. The zero-order chi connectivity index (χ0) is 15.7. The summed E-state index contributed by atoms with van der Waals surface area (Å²) in [5.74, 6) is 0.842. The van der Waals surface area contributed by atoms with Gasteiger partial charge >= 0.3 is 5.82 Å². The maximum absolute atomic E-state index is 11.0. The Morgan fingerprint density at radius 3 is 2.77 bits per heavy atom. The lowest BCUT2D eigenvalue weighted by molar-refractivity contribution is -0.392. The lowest BCUT2D eigenvalue weighted by Gasteiger charge is -2.11. The predicted octanol–water partition coefficient (Wildman–Crippen LogP) is 2.04. The normalized spacial score (nSPS) is 16.8. The van der Waals surface area contributed by atoms with E-state index in [0.717, 1.165) is 11.1 Å². The van der Waals surface area contributed by atoms with Crippen molar-refractivity contribution in [2.75, 3.05) is 0 Å². The molecule has 1 N–H and O–H groups in total. The van der Waals surface area contributed by atoms with Crippen molar-refractivity contribution in [1.29, 1.82) is 0 Å². The second kappa shape index (κ2) is 5.47. The molecule has 1 unspecified atom stereocenters. The molecule has 0 bridgehead atoms. The van der Waals surface area contributed by atoms with Crippen molar-refractivity contribution in [3.05, 3.63) is 57.5 Å². The SMILES string of the molecule is Cc1ccc(C2NN=C(Cn3c([N+](=O)[O-])cnc3C)O2)cc1. The summed E-state index contributed by atoms with van der Waals surface area (Å²) < 4.78 is 7.17. The molecule has 22 heavy (non-hydrogen) atoms. The van der Waals surface area contributed by atoms with Crippen LogP contribution in [0, 0.1) is 24.0 Å². The summed E-state index contributed by atoms with van der Waals surface area (Å²) in [7, 11) is 0. The summed E-state index contributed by atoms with van der Waals surface area (Å²) in [4.78, 5) is 14.5. The van der Waals surface area contributed by atoms with Crippen LogP contribution in [0.1, 0.15) is 23.2 Å². The average Bonchev–Trinajstić information content (AvgIpc) is 3.08. The van der Waals surface area contributed by atoms with E-state index in [-0.39, 0.29) is 18.6 Å². The van der Waals surface area contributed by atoms with Crippen molar-refractivity contribution < 1.29 is 9.66 Å². The van der Waals surface area contributed by atoms with Gasteiger partial charge in [-0.05, 0) is 11.8 Å². The first kappa shape index (κ1) is 14.1. The highest BCUT2D eigenvalue weighted by molar-refractivity contribution is 5.77. The number of aromatic nitrogens is 2. The van der Waals surface area contributed by atoms with E-state index >= 15 is 0 Å². The van der Waals surface area contributed by atoms with Gasteiger partial charge in [0.25, 0.3) is 5.90 Å². The molecule has 8 nitrogen and oxygen atoms in total. The smallest absolute Gasteiger partial charge is 0.343 e. The average molecular weight is 301 g/mol. The molecule has 1 aliphatic heterocycles. The quantitative estimate of drug-likeness (QED) is 0.689. The first-order valence-corrected chi connectivity index (χ1v) is 6.76. The fourth-order valence-electron chi connectivity index (χ4n) is 2.21. The third-order valence-electron chi connectivity index (χ3n) is 3.45. The van der Waals surface area contributed by atoms with Crippen molar-refractivity contribution >= 4 is 11.7 Å². The van der Waals surface area contributed by atoms with Crippen molar-refractivity contribution in [2.45, 2.75) is 26.6 Å². The Bertz CT molecular complexity index is 735.